The second kappa shape index (κ2) is 10.6. The van der Waals surface area contributed by atoms with Crippen molar-refractivity contribution in [2.75, 3.05) is 51.7 Å². The molecule has 2 N–H and O–H groups in total. The van der Waals surface area contributed by atoms with E-state index in [2.05, 4.69) is 47.0 Å². The normalized spacial score (nSPS) is 20.5. The van der Waals surface area contributed by atoms with E-state index in [9.17, 15) is 4.79 Å². The number of nitrogens with one attached hydrogen (secondary N) is 2. The Hall–Kier alpha value is -3.94. The van der Waals surface area contributed by atoms with Gasteiger partial charge >= 0.3 is 0 Å². The van der Waals surface area contributed by atoms with Gasteiger partial charge < -0.3 is 24.8 Å². The smallest absolute Gasteiger partial charge is 0.254 e. The number of aromatic nitrogens is 3. The van der Waals surface area contributed by atoms with Crippen molar-refractivity contribution >= 4 is 17.5 Å². The van der Waals surface area contributed by atoms with Crippen LogP contribution in [0.2, 0.25) is 0 Å². The van der Waals surface area contributed by atoms with Crippen molar-refractivity contribution in [3.8, 4) is 5.75 Å². The molecule has 10 nitrogen and oxygen atoms in total. The van der Waals surface area contributed by atoms with Crippen LogP contribution in [-0.2, 0) is 18.5 Å². The molecule has 3 aliphatic heterocycles. The lowest BCUT2D eigenvalue weighted by molar-refractivity contribution is -0.0450. The fourth-order valence-corrected chi connectivity index (χ4v) is 7.74. The van der Waals surface area contributed by atoms with Crippen LogP contribution in [0.3, 0.4) is 0 Å². The second-order valence-electron chi connectivity index (χ2n) is 12.9. The molecule has 43 heavy (non-hydrogen) atoms. The Bertz CT molecular complexity index is 1590. The van der Waals surface area contributed by atoms with Crippen LogP contribution in [0.5, 0.6) is 5.75 Å². The highest BCUT2D eigenvalue weighted by atomic mass is 16.5. The summed E-state index contributed by atoms with van der Waals surface area (Å²) in [5.74, 6) is 1.38. The monoisotopic (exact) mass is 580 g/mol. The van der Waals surface area contributed by atoms with Crippen molar-refractivity contribution in [3.63, 3.8) is 0 Å². The summed E-state index contributed by atoms with van der Waals surface area (Å²) in [7, 11) is 1.88. The van der Waals surface area contributed by atoms with Crippen molar-refractivity contribution in [1.29, 1.82) is 0 Å². The number of carbonyl (C=O) groups excluding carboxylic acids is 1. The largest absolute Gasteiger partial charge is 0.505 e. The van der Waals surface area contributed by atoms with Crippen molar-refractivity contribution in [1.82, 2.24) is 29.7 Å². The molecule has 0 radical (unpaired) electrons. The van der Waals surface area contributed by atoms with E-state index in [-0.39, 0.29) is 17.4 Å². The molecule has 7 rings (SSSR count). The zero-order valence-corrected chi connectivity index (χ0v) is 25.3. The predicted octanol–water partition coefficient (Wildman–Crippen LogP) is 4.36. The van der Waals surface area contributed by atoms with E-state index < -0.39 is 0 Å². The van der Waals surface area contributed by atoms with Crippen LogP contribution in [0.4, 0.5) is 11.6 Å². The minimum Gasteiger partial charge on any atom is -0.505 e. The summed E-state index contributed by atoms with van der Waals surface area (Å²) in [5.41, 5.74) is 6.06. The van der Waals surface area contributed by atoms with Crippen LogP contribution in [-0.4, -0.2) is 76.6 Å². The Labute approximate surface area is 253 Å². The van der Waals surface area contributed by atoms with Gasteiger partial charge in [-0.15, -0.1) is 0 Å². The van der Waals surface area contributed by atoms with Gasteiger partial charge in [0.1, 0.15) is 5.75 Å². The third-order valence-electron chi connectivity index (χ3n) is 10.1. The van der Waals surface area contributed by atoms with Crippen LogP contribution >= 0.6 is 0 Å². The number of nitrogens with zero attached hydrogens (tertiary/aromatic N) is 6. The van der Waals surface area contributed by atoms with E-state index in [1.165, 1.54) is 17.5 Å². The van der Waals surface area contributed by atoms with Crippen molar-refractivity contribution < 1.29 is 9.53 Å². The lowest BCUT2D eigenvalue weighted by Crippen LogP contribution is -2.70. The average molecular weight is 581 g/mol. The summed E-state index contributed by atoms with van der Waals surface area (Å²) in [4.78, 5) is 31.7. The van der Waals surface area contributed by atoms with E-state index >= 15 is 0 Å². The fraction of sp³-hybridized carbons (Fsp3) is 0.515. The maximum atomic E-state index is 14.5. The van der Waals surface area contributed by atoms with Crippen LogP contribution in [0.1, 0.15) is 71.9 Å². The number of fused-ring (bicyclic) bond motifs is 2. The molecule has 2 spiro atoms. The highest BCUT2D eigenvalue weighted by Crippen LogP contribution is 2.52. The molecule has 10 heteroatoms. The van der Waals surface area contributed by atoms with E-state index in [1.54, 1.807) is 12.4 Å². The first-order valence-corrected chi connectivity index (χ1v) is 15.5. The molecule has 4 aliphatic rings. The van der Waals surface area contributed by atoms with Crippen LogP contribution < -0.4 is 15.4 Å². The molecule has 1 aliphatic carbocycles. The first kappa shape index (κ1) is 27.9. The summed E-state index contributed by atoms with van der Waals surface area (Å²) in [5, 5.41) is 6.62. The average Bonchev–Trinajstić information content (AvgIpc) is 3.40. The molecular formula is C33H40N8O2. The maximum Gasteiger partial charge on any atom is 0.254 e. The number of anilines is 1. The molecule has 1 saturated carbocycles. The van der Waals surface area contributed by atoms with Gasteiger partial charge in [0, 0.05) is 81.3 Å². The highest BCUT2D eigenvalue weighted by molar-refractivity contribution is 5.98. The van der Waals surface area contributed by atoms with Gasteiger partial charge in [-0.2, -0.15) is 0 Å². The molecule has 1 amide bonds. The van der Waals surface area contributed by atoms with Crippen LogP contribution in [0.15, 0.2) is 36.8 Å². The Morgan fingerprint density at radius 2 is 1.98 bits per heavy atom. The molecular weight excluding hydrogens is 540 g/mol. The Kier molecular flexibility index (Phi) is 6.90. The zero-order valence-electron chi connectivity index (χ0n) is 25.3. The molecule has 2 saturated heterocycles. The highest BCUT2D eigenvalue weighted by Gasteiger charge is 2.51. The molecule has 1 unspecified atom stereocenters. The fourth-order valence-electron chi connectivity index (χ4n) is 7.74. The number of likely N-dealkylation sites (tertiary alicyclic amines) is 1. The first-order valence-electron chi connectivity index (χ1n) is 15.5. The first-order chi connectivity index (χ1) is 20.9. The van der Waals surface area contributed by atoms with Gasteiger partial charge in [-0.3, -0.25) is 14.7 Å². The Balaban J connectivity index is 1.27. The summed E-state index contributed by atoms with van der Waals surface area (Å²) in [6.07, 6.45) is 8.68. The topological polar surface area (TPSA) is 91.9 Å². The number of imidazole rings is 1. The maximum absolute atomic E-state index is 14.5. The number of pyridine rings is 1. The molecule has 5 heterocycles. The summed E-state index contributed by atoms with van der Waals surface area (Å²) in [6, 6.07) is 6.07. The Morgan fingerprint density at radius 1 is 1.16 bits per heavy atom. The number of benzene rings is 1. The van der Waals surface area contributed by atoms with Crippen molar-refractivity contribution in [2.45, 2.75) is 57.7 Å². The third-order valence-corrected chi connectivity index (χ3v) is 10.1. The summed E-state index contributed by atoms with van der Waals surface area (Å²) < 4.78 is 7.86. The summed E-state index contributed by atoms with van der Waals surface area (Å²) in [6.45, 7) is 18.6. The molecule has 0 bridgehead atoms. The lowest BCUT2D eigenvalue weighted by Gasteiger charge is -2.57. The number of ether oxygens (including phenoxy) is 1. The van der Waals surface area contributed by atoms with Crippen LogP contribution in [0, 0.1) is 12.0 Å². The van der Waals surface area contributed by atoms with E-state index in [0.717, 1.165) is 68.3 Å². The van der Waals surface area contributed by atoms with Gasteiger partial charge in [0.05, 0.1) is 31.5 Å². The van der Waals surface area contributed by atoms with Gasteiger partial charge in [0.15, 0.2) is 0 Å². The number of amides is 1. The Morgan fingerprint density at radius 3 is 2.63 bits per heavy atom. The van der Waals surface area contributed by atoms with Crippen molar-refractivity contribution in [2.24, 2.45) is 5.41 Å². The third kappa shape index (κ3) is 4.66. The minimum atomic E-state index is -0.255. The molecule has 1 aromatic carbocycles. The summed E-state index contributed by atoms with van der Waals surface area (Å²) >= 11 is 0. The number of hydrogen-bond donors (Lipinski definition) is 2. The molecule has 3 fully saturated rings. The molecule has 3 aromatic rings. The predicted molar refractivity (Wildman–Crippen MR) is 165 cm³/mol. The van der Waals surface area contributed by atoms with Gasteiger partial charge in [-0.05, 0) is 55.5 Å². The second-order valence-corrected chi connectivity index (χ2v) is 12.9. The zero-order chi connectivity index (χ0) is 29.8. The standard InChI is InChI=1S/C33H40N8O2/c1-5-43-28-13-26(38-14-27(28)34-3)22(2)41-21-33(7-6-8-33)29-24(16-39-19-32(20-39)17-36-18-32)11-23(12-25(29)30(41)42)15-40-10-9-37-31(40)35-4/h9-14,22,36H,5-8,15-21H2,1-2,4H3,(H,35,37). The molecule has 224 valence electrons. The SMILES string of the molecule is [C-]#[N+]c1cnc(C(C)N2CC3(CCC3)c3c(CN4CC5(CNC5)C4)cc(Cn4ccnc4NC)cc3C2=O)cc1OCC. The van der Waals surface area contributed by atoms with E-state index in [1.807, 2.05) is 38.1 Å². The van der Waals surface area contributed by atoms with Gasteiger partial charge in [-0.1, -0.05) is 12.5 Å². The number of carbonyl (C=O) groups is 1. The van der Waals surface area contributed by atoms with Gasteiger partial charge in [0.2, 0.25) is 11.6 Å². The van der Waals surface area contributed by atoms with Gasteiger partial charge in [0.25, 0.3) is 5.91 Å². The quantitative estimate of drug-likeness (QED) is 0.364. The molecule has 2 aromatic heterocycles. The number of rotatable bonds is 9. The van der Waals surface area contributed by atoms with E-state index in [0.29, 0.717) is 36.5 Å². The molecule has 1 atom stereocenters. The lowest BCUT2D eigenvalue weighted by atomic mass is 9.59. The van der Waals surface area contributed by atoms with Gasteiger partial charge in [-0.25, -0.2) is 9.83 Å². The minimum absolute atomic E-state index is 0.0454. The number of hydrogen-bond acceptors (Lipinski definition) is 7. The van der Waals surface area contributed by atoms with E-state index in [4.69, 9.17) is 11.3 Å². The van der Waals surface area contributed by atoms with Crippen molar-refractivity contribution in [3.05, 3.63) is 76.2 Å². The van der Waals surface area contributed by atoms with Crippen LogP contribution in [0.25, 0.3) is 4.85 Å².